The van der Waals surface area contributed by atoms with Crippen LogP contribution >= 0.6 is 11.3 Å². The molecule has 1 spiro atoms. The molecule has 0 amide bonds. The number of hydrogen-bond acceptors (Lipinski definition) is 4. The van der Waals surface area contributed by atoms with Crippen LogP contribution in [-0.4, -0.2) is 36.7 Å². The minimum atomic E-state index is 0.351. The van der Waals surface area contributed by atoms with Crippen molar-refractivity contribution in [2.24, 2.45) is 10.4 Å². The van der Waals surface area contributed by atoms with Crippen molar-refractivity contribution in [1.82, 2.24) is 15.6 Å². The third kappa shape index (κ3) is 3.24. The first-order valence-corrected chi connectivity index (χ1v) is 9.55. The highest BCUT2D eigenvalue weighted by molar-refractivity contribution is 7.11. The van der Waals surface area contributed by atoms with E-state index in [0.717, 1.165) is 37.0 Å². The van der Waals surface area contributed by atoms with Crippen LogP contribution in [0, 0.1) is 5.41 Å². The number of nitrogens with one attached hydrogen (secondary N) is 2. The molecule has 0 radical (unpaired) electrons. The van der Waals surface area contributed by atoms with Crippen LogP contribution in [0.2, 0.25) is 0 Å². The fraction of sp³-hybridized carbons (Fsp3) is 0.765. The maximum atomic E-state index is 5.92. The minimum absolute atomic E-state index is 0.351. The zero-order valence-electron chi connectivity index (χ0n) is 14.4. The van der Waals surface area contributed by atoms with E-state index in [1.807, 2.05) is 13.2 Å². The normalized spacial score (nSPS) is 25.8. The number of thiazole rings is 1. The van der Waals surface area contributed by atoms with Crippen molar-refractivity contribution in [3.05, 3.63) is 16.1 Å². The maximum Gasteiger partial charge on any atom is 0.191 e. The summed E-state index contributed by atoms with van der Waals surface area (Å²) in [4.78, 5) is 10.2. The van der Waals surface area contributed by atoms with Gasteiger partial charge in [-0.15, -0.1) is 11.3 Å². The second-order valence-corrected chi connectivity index (χ2v) is 7.66. The van der Waals surface area contributed by atoms with Gasteiger partial charge in [-0.25, -0.2) is 4.98 Å². The Hall–Kier alpha value is -1.14. The molecule has 6 heteroatoms. The molecule has 2 atom stereocenters. The predicted molar refractivity (Wildman–Crippen MR) is 94.9 cm³/mol. The van der Waals surface area contributed by atoms with Crippen LogP contribution in [0.15, 0.2) is 11.2 Å². The van der Waals surface area contributed by atoms with Gasteiger partial charge in [0.25, 0.3) is 0 Å². The number of aryl methyl sites for hydroxylation is 1. The number of rotatable bonds is 6. The summed E-state index contributed by atoms with van der Waals surface area (Å²) in [5, 5.41) is 8.13. The fourth-order valence-corrected chi connectivity index (χ4v) is 4.56. The lowest BCUT2D eigenvalue weighted by Crippen LogP contribution is -2.68. The van der Waals surface area contributed by atoms with E-state index in [2.05, 4.69) is 34.5 Å². The second-order valence-electron chi connectivity index (χ2n) is 6.46. The molecule has 2 aliphatic carbocycles. The Bertz CT molecular complexity index is 553. The molecule has 3 rings (SSSR count). The molecule has 1 aromatic heterocycles. The van der Waals surface area contributed by atoms with Gasteiger partial charge in [-0.2, -0.15) is 0 Å². The number of aliphatic imine (C=N–C) groups is 1. The summed E-state index contributed by atoms with van der Waals surface area (Å²) in [6, 6.07) is 0.487. The molecule has 0 bridgehead atoms. The van der Waals surface area contributed by atoms with Gasteiger partial charge < -0.3 is 15.4 Å². The summed E-state index contributed by atoms with van der Waals surface area (Å²) in [5.41, 5.74) is 0.351. The lowest BCUT2D eigenvalue weighted by atomic mass is 9.51. The number of hydrogen-bond donors (Lipinski definition) is 2. The van der Waals surface area contributed by atoms with Crippen LogP contribution in [0.1, 0.15) is 49.4 Å². The van der Waals surface area contributed by atoms with Crippen LogP contribution in [0.4, 0.5) is 0 Å². The number of aromatic nitrogens is 1. The van der Waals surface area contributed by atoms with Crippen LogP contribution in [0.3, 0.4) is 0 Å². The lowest BCUT2D eigenvalue weighted by Gasteiger charge is -2.61. The summed E-state index contributed by atoms with van der Waals surface area (Å²) < 4.78 is 5.92. The Kier molecular flexibility index (Phi) is 5.21. The Morgan fingerprint density at radius 3 is 2.87 bits per heavy atom. The first-order valence-electron chi connectivity index (χ1n) is 8.74. The first-order chi connectivity index (χ1) is 11.2. The SMILES string of the molecule is CCOC1CC(NC(=NC)NCc2ncc(CC)s2)C12CCC2. The van der Waals surface area contributed by atoms with Gasteiger partial charge in [0.05, 0.1) is 12.6 Å². The third-order valence-corrected chi connectivity index (χ3v) is 6.47. The molecule has 0 saturated heterocycles. The van der Waals surface area contributed by atoms with E-state index >= 15 is 0 Å². The summed E-state index contributed by atoms with van der Waals surface area (Å²) in [6.45, 7) is 5.80. The molecule has 1 aromatic rings. The van der Waals surface area contributed by atoms with Crippen molar-refractivity contribution in [3.63, 3.8) is 0 Å². The van der Waals surface area contributed by atoms with E-state index in [1.54, 1.807) is 11.3 Å². The van der Waals surface area contributed by atoms with Crippen LogP contribution < -0.4 is 10.6 Å². The summed E-state index contributed by atoms with van der Waals surface area (Å²) in [5.74, 6) is 0.879. The summed E-state index contributed by atoms with van der Waals surface area (Å²) in [6.07, 6.45) is 8.42. The van der Waals surface area contributed by atoms with E-state index in [9.17, 15) is 0 Å². The predicted octanol–water partition coefficient (Wildman–Crippen LogP) is 2.72. The molecular formula is C17H28N4OS. The molecule has 1 heterocycles. The summed E-state index contributed by atoms with van der Waals surface area (Å²) in [7, 11) is 1.83. The molecule has 0 aromatic carbocycles. The molecule has 128 valence electrons. The zero-order chi connectivity index (χ0) is 16.3. The Labute approximate surface area is 142 Å². The third-order valence-electron chi connectivity index (χ3n) is 5.33. The Morgan fingerprint density at radius 1 is 1.48 bits per heavy atom. The first kappa shape index (κ1) is 16.7. The quantitative estimate of drug-likeness (QED) is 0.619. The monoisotopic (exact) mass is 336 g/mol. The van der Waals surface area contributed by atoms with Crippen molar-refractivity contribution in [2.75, 3.05) is 13.7 Å². The summed E-state index contributed by atoms with van der Waals surface area (Å²) >= 11 is 1.77. The van der Waals surface area contributed by atoms with Crippen molar-refractivity contribution in [3.8, 4) is 0 Å². The molecule has 2 saturated carbocycles. The number of ether oxygens (including phenoxy) is 1. The van der Waals surface area contributed by atoms with Gasteiger partial charge in [-0.05, 0) is 32.6 Å². The number of guanidine groups is 1. The van der Waals surface area contributed by atoms with Crippen LogP contribution in [-0.2, 0) is 17.7 Å². The molecule has 2 unspecified atom stereocenters. The standard InChI is InChI=1S/C17H28N4OS/c1-4-12-10-19-15(23-12)11-20-16(18-3)21-13-9-14(22-5-2)17(13)7-6-8-17/h10,13-14H,4-9,11H2,1-3H3,(H2,18,20,21). The van der Waals surface area contributed by atoms with Crippen LogP contribution in [0.25, 0.3) is 0 Å². The zero-order valence-corrected chi connectivity index (χ0v) is 15.2. The van der Waals surface area contributed by atoms with E-state index in [4.69, 9.17) is 4.74 Å². The van der Waals surface area contributed by atoms with Gasteiger partial charge in [0.2, 0.25) is 0 Å². The molecule has 23 heavy (non-hydrogen) atoms. The average Bonchev–Trinajstić information content (AvgIpc) is 2.95. The Balaban J connectivity index is 1.52. The fourth-order valence-electron chi connectivity index (χ4n) is 3.75. The molecule has 2 N–H and O–H groups in total. The van der Waals surface area contributed by atoms with E-state index in [1.165, 1.54) is 24.1 Å². The van der Waals surface area contributed by atoms with Gasteiger partial charge in [0.15, 0.2) is 5.96 Å². The van der Waals surface area contributed by atoms with Crippen molar-refractivity contribution in [2.45, 2.75) is 64.6 Å². The highest BCUT2D eigenvalue weighted by Gasteiger charge is 2.59. The van der Waals surface area contributed by atoms with E-state index in [0.29, 0.717) is 17.6 Å². The van der Waals surface area contributed by atoms with Crippen LogP contribution in [0.5, 0.6) is 0 Å². The van der Waals surface area contributed by atoms with Crippen molar-refractivity contribution in [1.29, 1.82) is 0 Å². The van der Waals surface area contributed by atoms with E-state index < -0.39 is 0 Å². The van der Waals surface area contributed by atoms with E-state index in [-0.39, 0.29) is 0 Å². The molecule has 2 aliphatic rings. The molecular weight excluding hydrogens is 308 g/mol. The second kappa shape index (κ2) is 7.18. The highest BCUT2D eigenvalue weighted by Crippen LogP contribution is 2.57. The topological polar surface area (TPSA) is 58.5 Å². The van der Waals surface area contributed by atoms with Gasteiger partial charge in [-0.3, -0.25) is 4.99 Å². The lowest BCUT2D eigenvalue weighted by molar-refractivity contribution is -0.168. The molecule has 2 fully saturated rings. The number of nitrogens with zero attached hydrogens (tertiary/aromatic N) is 2. The van der Waals surface area contributed by atoms with Gasteiger partial charge in [0, 0.05) is 36.2 Å². The van der Waals surface area contributed by atoms with Crippen molar-refractivity contribution < 1.29 is 4.74 Å². The molecule has 0 aliphatic heterocycles. The maximum absolute atomic E-state index is 5.92. The van der Waals surface area contributed by atoms with Gasteiger partial charge >= 0.3 is 0 Å². The smallest absolute Gasteiger partial charge is 0.191 e. The van der Waals surface area contributed by atoms with Gasteiger partial charge in [-0.1, -0.05) is 13.3 Å². The average molecular weight is 337 g/mol. The van der Waals surface area contributed by atoms with Crippen molar-refractivity contribution >= 4 is 17.3 Å². The molecule has 5 nitrogen and oxygen atoms in total. The largest absolute Gasteiger partial charge is 0.378 e. The highest BCUT2D eigenvalue weighted by atomic mass is 32.1. The Morgan fingerprint density at radius 2 is 2.30 bits per heavy atom. The minimum Gasteiger partial charge on any atom is -0.378 e. The van der Waals surface area contributed by atoms with Gasteiger partial charge in [0.1, 0.15) is 5.01 Å².